The molecule has 0 amide bonds. The number of methoxy groups -OCH3 is 1. The standard InChI is InChI=1S/C18H34N4OS/c1-23-10-6-19-18(24)20-12-17-11-15-5-9-22(17)14-16(15)13-21-7-3-2-4-8-21/h15-17H,2-14H2,1H3,(H2,19,20,24)/t15-,16-,17+/m0/s1. The van der Waals surface area contributed by atoms with Gasteiger partial charge in [-0.1, -0.05) is 6.42 Å². The molecule has 0 aromatic heterocycles. The van der Waals surface area contributed by atoms with Crippen molar-refractivity contribution in [3.63, 3.8) is 0 Å². The van der Waals surface area contributed by atoms with E-state index < -0.39 is 0 Å². The molecule has 0 aromatic rings. The smallest absolute Gasteiger partial charge is 0.166 e. The molecular formula is C18H34N4OS. The average molecular weight is 355 g/mol. The van der Waals surface area contributed by atoms with Crippen LogP contribution < -0.4 is 10.6 Å². The maximum atomic E-state index is 5.35. The van der Waals surface area contributed by atoms with Crippen molar-refractivity contribution in [3.8, 4) is 0 Å². The van der Waals surface area contributed by atoms with Crippen LogP contribution in [0.5, 0.6) is 0 Å². The molecule has 2 bridgehead atoms. The quantitative estimate of drug-likeness (QED) is 0.530. The van der Waals surface area contributed by atoms with Crippen LogP contribution in [0.3, 0.4) is 0 Å². The maximum absolute atomic E-state index is 5.35. The van der Waals surface area contributed by atoms with E-state index in [1.54, 1.807) is 7.11 Å². The lowest BCUT2D eigenvalue weighted by molar-refractivity contribution is -0.0124. The molecule has 5 nitrogen and oxygen atoms in total. The van der Waals surface area contributed by atoms with Crippen LogP contribution in [0.25, 0.3) is 0 Å². The van der Waals surface area contributed by atoms with E-state index in [-0.39, 0.29) is 0 Å². The number of thiocarbonyl (C=S) groups is 1. The summed E-state index contributed by atoms with van der Waals surface area (Å²) in [6.45, 7) is 9.00. The second kappa shape index (κ2) is 9.32. The van der Waals surface area contributed by atoms with Crippen LogP contribution in [-0.2, 0) is 4.74 Å². The highest BCUT2D eigenvalue weighted by Crippen LogP contribution is 2.36. The van der Waals surface area contributed by atoms with Crippen LogP contribution in [0.15, 0.2) is 0 Å². The van der Waals surface area contributed by atoms with E-state index in [1.165, 1.54) is 64.8 Å². The number of piperidine rings is 4. The lowest BCUT2D eigenvalue weighted by Gasteiger charge is -2.51. The van der Waals surface area contributed by atoms with Gasteiger partial charge in [0.2, 0.25) is 0 Å². The second-order valence-corrected chi connectivity index (χ2v) is 8.09. The summed E-state index contributed by atoms with van der Waals surface area (Å²) in [5.41, 5.74) is 0. The fraction of sp³-hybridized carbons (Fsp3) is 0.944. The summed E-state index contributed by atoms with van der Waals surface area (Å²) >= 11 is 5.35. The fourth-order valence-corrected chi connectivity index (χ4v) is 4.87. The fourth-order valence-electron chi connectivity index (χ4n) is 4.68. The minimum atomic E-state index is 0.656. The predicted octanol–water partition coefficient (Wildman–Crippen LogP) is 1.29. The maximum Gasteiger partial charge on any atom is 0.166 e. The van der Waals surface area contributed by atoms with Crippen molar-refractivity contribution in [1.29, 1.82) is 0 Å². The van der Waals surface area contributed by atoms with E-state index >= 15 is 0 Å². The Kier molecular flexibility index (Phi) is 7.13. The largest absolute Gasteiger partial charge is 0.383 e. The Balaban J connectivity index is 1.39. The summed E-state index contributed by atoms with van der Waals surface area (Å²) < 4.78 is 5.04. The summed E-state index contributed by atoms with van der Waals surface area (Å²) in [4.78, 5) is 5.43. The third-order valence-electron chi connectivity index (χ3n) is 6.05. The number of nitrogens with one attached hydrogen (secondary N) is 2. The Bertz CT molecular complexity index is 402. The Morgan fingerprint density at radius 2 is 2.00 bits per heavy atom. The Labute approximate surface area is 152 Å². The third kappa shape index (κ3) is 5.04. The van der Waals surface area contributed by atoms with E-state index in [4.69, 9.17) is 17.0 Å². The number of hydrogen-bond donors (Lipinski definition) is 2. The van der Waals surface area contributed by atoms with E-state index in [9.17, 15) is 0 Å². The molecule has 6 heteroatoms. The zero-order valence-corrected chi connectivity index (χ0v) is 16.0. The van der Waals surface area contributed by atoms with Gasteiger partial charge in [0, 0.05) is 39.3 Å². The SMILES string of the molecule is COCCNC(=S)NC[C@H]1C[C@@H]2CCN1C[C@@H]2CN1CCCCC1. The van der Waals surface area contributed by atoms with Crippen molar-refractivity contribution in [1.82, 2.24) is 20.4 Å². The molecule has 4 aliphatic heterocycles. The molecule has 0 radical (unpaired) electrons. The molecule has 2 N–H and O–H groups in total. The lowest BCUT2D eigenvalue weighted by Crippen LogP contribution is -2.59. The van der Waals surface area contributed by atoms with Crippen LogP contribution >= 0.6 is 12.2 Å². The van der Waals surface area contributed by atoms with E-state index in [0.717, 1.165) is 30.0 Å². The molecule has 0 spiro atoms. The summed E-state index contributed by atoms with van der Waals surface area (Å²) in [7, 11) is 1.71. The van der Waals surface area contributed by atoms with Crippen LogP contribution in [0.2, 0.25) is 0 Å². The summed E-state index contributed by atoms with van der Waals surface area (Å²) in [6, 6.07) is 0.656. The molecule has 4 heterocycles. The minimum absolute atomic E-state index is 0.656. The molecule has 4 saturated heterocycles. The van der Waals surface area contributed by atoms with Gasteiger partial charge in [-0.05, 0) is 69.4 Å². The Hall–Kier alpha value is -0.430. The first kappa shape index (κ1) is 18.4. The summed E-state index contributed by atoms with van der Waals surface area (Å²) in [6.07, 6.45) is 6.98. The van der Waals surface area contributed by atoms with Gasteiger partial charge in [-0.15, -0.1) is 0 Å². The van der Waals surface area contributed by atoms with Crippen LogP contribution in [0.1, 0.15) is 32.1 Å². The topological polar surface area (TPSA) is 39.8 Å². The van der Waals surface area contributed by atoms with Gasteiger partial charge >= 0.3 is 0 Å². The summed E-state index contributed by atoms with van der Waals surface area (Å²) in [5, 5.41) is 7.37. The summed E-state index contributed by atoms with van der Waals surface area (Å²) in [5.74, 6) is 1.80. The number of rotatable bonds is 7. The highest BCUT2D eigenvalue weighted by Gasteiger charge is 2.40. The molecule has 0 aliphatic carbocycles. The van der Waals surface area contributed by atoms with Gasteiger partial charge in [0.1, 0.15) is 0 Å². The van der Waals surface area contributed by atoms with Crippen LogP contribution in [-0.4, -0.2) is 80.5 Å². The van der Waals surface area contributed by atoms with Crippen molar-refractivity contribution in [2.24, 2.45) is 11.8 Å². The highest BCUT2D eigenvalue weighted by atomic mass is 32.1. The van der Waals surface area contributed by atoms with Gasteiger partial charge < -0.3 is 20.3 Å². The van der Waals surface area contributed by atoms with Crippen LogP contribution in [0, 0.1) is 11.8 Å². The average Bonchev–Trinajstić information content (AvgIpc) is 2.62. The van der Waals surface area contributed by atoms with Crippen molar-refractivity contribution >= 4 is 17.3 Å². The van der Waals surface area contributed by atoms with E-state index in [0.29, 0.717) is 12.6 Å². The Morgan fingerprint density at radius 3 is 2.71 bits per heavy atom. The monoisotopic (exact) mass is 354 g/mol. The number of hydrogen-bond acceptors (Lipinski definition) is 4. The number of likely N-dealkylation sites (tertiary alicyclic amines) is 1. The first-order chi connectivity index (χ1) is 11.8. The third-order valence-corrected chi connectivity index (χ3v) is 6.33. The van der Waals surface area contributed by atoms with Gasteiger partial charge in [0.15, 0.2) is 5.11 Å². The molecule has 4 aliphatic rings. The Morgan fingerprint density at radius 1 is 1.17 bits per heavy atom. The molecule has 24 heavy (non-hydrogen) atoms. The zero-order valence-electron chi connectivity index (χ0n) is 15.1. The number of fused-ring (bicyclic) bond motifs is 3. The van der Waals surface area contributed by atoms with Gasteiger partial charge in [-0.3, -0.25) is 4.90 Å². The first-order valence-corrected chi connectivity index (χ1v) is 10.1. The van der Waals surface area contributed by atoms with Gasteiger partial charge in [0.05, 0.1) is 6.61 Å². The molecule has 4 atom stereocenters. The predicted molar refractivity (Wildman–Crippen MR) is 102 cm³/mol. The first-order valence-electron chi connectivity index (χ1n) is 9.73. The van der Waals surface area contributed by atoms with Gasteiger partial charge in [0.25, 0.3) is 0 Å². The van der Waals surface area contributed by atoms with Crippen molar-refractivity contribution < 1.29 is 4.74 Å². The number of ether oxygens (including phenoxy) is 1. The van der Waals surface area contributed by atoms with Gasteiger partial charge in [-0.25, -0.2) is 0 Å². The molecule has 0 aromatic carbocycles. The van der Waals surface area contributed by atoms with E-state index in [2.05, 4.69) is 20.4 Å². The molecule has 0 saturated carbocycles. The van der Waals surface area contributed by atoms with Crippen molar-refractivity contribution in [2.75, 3.05) is 59.5 Å². The highest BCUT2D eigenvalue weighted by molar-refractivity contribution is 7.80. The molecular weight excluding hydrogens is 320 g/mol. The molecule has 1 unspecified atom stereocenters. The van der Waals surface area contributed by atoms with Gasteiger partial charge in [-0.2, -0.15) is 0 Å². The minimum Gasteiger partial charge on any atom is -0.383 e. The normalized spacial score (nSPS) is 33.4. The molecule has 4 rings (SSSR count). The number of nitrogens with zero attached hydrogens (tertiary/aromatic N) is 2. The molecule has 4 fully saturated rings. The molecule has 138 valence electrons. The van der Waals surface area contributed by atoms with E-state index in [1.807, 2.05) is 0 Å². The second-order valence-electron chi connectivity index (χ2n) is 7.68. The lowest BCUT2D eigenvalue weighted by atomic mass is 9.75. The van der Waals surface area contributed by atoms with Crippen molar-refractivity contribution in [2.45, 2.75) is 38.1 Å². The van der Waals surface area contributed by atoms with Crippen molar-refractivity contribution in [3.05, 3.63) is 0 Å². The zero-order chi connectivity index (χ0) is 16.8. The van der Waals surface area contributed by atoms with Crippen LogP contribution in [0.4, 0.5) is 0 Å².